The molecular formula is C20H20Cl2N2O3. The van der Waals surface area contributed by atoms with Crippen molar-refractivity contribution in [2.24, 2.45) is 5.92 Å². The van der Waals surface area contributed by atoms with E-state index in [2.05, 4.69) is 5.32 Å². The van der Waals surface area contributed by atoms with Crippen LogP contribution in [0.3, 0.4) is 0 Å². The molecule has 1 atom stereocenters. The maximum absolute atomic E-state index is 12.6. The van der Waals surface area contributed by atoms with Crippen LogP contribution in [0.25, 0.3) is 0 Å². The third kappa shape index (κ3) is 4.54. The first-order chi connectivity index (χ1) is 13.0. The van der Waals surface area contributed by atoms with Gasteiger partial charge in [0.25, 0.3) is 0 Å². The SMILES string of the molecule is CCCOc1ccc(N2C[C@H](C(=O)Nc3cccc(Cl)c3Cl)CC2=O)cc1. The van der Waals surface area contributed by atoms with Crippen LogP contribution in [0.2, 0.25) is 10.0 Å². The summed E-state index contributed by atoms with van der Waals surface area (Å²) in [6, 6.07) is 12.4. The Bertz CT molecular complexity index is 840. The second kappa shape index (κ2) is 8.63. The van der Waals surface area contributed by atoms with E-state index in [0.29, 0.717) is 23.9 Å². The summed E-state index contributed by atoms with van der Waals surface area (Å²) in [6.07, 6.45) is 1.08. The summed E-state index contributed by atoms with van der Waals surface area (Å²) in [5, 5.41) is 3.42. The van der Waals surface area contributed by atoms with E-state index < -0.39 is 5.92 Å². The molecular weight excluding hydrogens is 387 g/mol. The Morgan fingerprint density at radius 2 is 1.96 bits per heavy atom. The lowest BCUT2D eigenvalue weighted by molar-refractivity contribution is -0.122. The lowest BCUT2D eigenvalue weighted by Crippen LogP contribution is -2.28. The molecule has 0 unspecified atom stereocenters. The van der Waals surface area contributed by atoms with Gasteiger partial charge in [-0.05, 0) is 42.8 Å². The molecule has 2 amide bonds. The second-order valence-corrected chi connectivity index (χ2v) is 7.12. The largest absolute Gasteiger partial charge is 0.494 e. The van der Waals surface area contributed by atoms with Gasteiger partial charge in [-0.2, -0.15) is 0 Å². The van der Waals surface area contributed by atoms with Crippen LogP contribution >= 0.6 is 23.2 Å². The standard InChI is InChI=1S/C20H20Cl2N2O3/c1-2-10-27-15-8-6-14(7-9-15)24-12-13(11-18(24)25)20(26)23-17-5-3-4-16(21)19(17)22/h3-9,13H,2,10-12H2,1H3,(H,23,26)/t13-/m1/s1. The van der Waals surface area contributed by atoms with Crippen molar-refractivity contribution in [3.8, 4) is 5.75 Å². The third-order valence-corrected chi connectivity index (χ3v) is 5.15. The van der Waals surface area contributed by atoms with E-state index in [1.54, 1.807) is 23.1 Å². The summed E-state index contributed by atoms with van der Waals surface area (Å²) in [4.78, 5) is 26.6. The van der Waals surface area contributed by atoms with Crippen molar-refractivity contribution < 1.29 is 14.3 Å². The second-order valence-electron chi connectivity index (χ2n) is 6.34. The number of halogens is 2. The molecule has 1 N–H and O–H groups in total. The Balaban J connectivity index is 1.66. The van der Waals surface area contributed by atoms with Gasteiger partial charge < -0.3 is 15.0 Å². The fourth-order valence-corrected chi connectivity index (χ4v) is 3.26. The number of benzene rings is 2. The van der Waals surface area contributed by atoms with Crippen LogP contribution in [0, 0.1) is 5.92 Å². The average molecular weight is 407 g/mol. The molecule has 0 aliphatic carbocycles. The molecule has 0 spiro atoms. The highest BCUT2D eigenvalue weighted by atomic mass is 35.5. The predicted molar refractivity (Wildman–Crippen MR) is 108 cm³/mol. The highest BCUT2D eigenvalue weighted by molar-refractivity contribution is 6.44. The minimum absolute atomic E-state index is 0.0884. The first kappa shape index (κ1) is 19.5. The number of rotatable bonds is 6. The zero-order chi connectivity index (χ0) is 19.4. The molecule has 0 saturated carbocycles. The number of hydrogen-bond acceptors (Lipinski definition) is 3. The van der Waals surface area contributed by atoms with Crippen LogP contribution in [0.5, 0.6) is 5.75 Å². The van der Waals surface area contributed by atoms with Crippen molar-refractivity contribution in [2.75, 3.05) is 23.4 Å². The van der Waals surface area contributed by atoms with Crippen LogP contribution < -0.4 is 15.0 Å². The smallest absolute Gasteiger partial charge is 0.229 e. The Kier molecular flexibility index (Phi) is 6.24. The molecule has 0 aromatic heterocycles. The Morgan fingerprint density at radius 1 is 1.22 bits per heavy atom. The van der Waals surface area contributed by atoms with Gasteiger partial charge in [-0.15, -0.1) is 0 Å². The zero-order valence-electron chi connectivity index (χ0n) is 14.9. The normalized spacial score (nSPS) is 16.5. The zero-order valence-corrected chi connectivity index (χ0v) is 16.4. The highest BCUT2D eigenvalue weighted by Gasteiger charge is 2.35. The van der Waals surface area contributed by atoms with Crippen LogP contribution in [-0.2, 0) is 9.59 Å². The summed E-state index contributed by atoms with van der Waals surface area (Å²) in [6.45, 7) is 3.01. The van der Waals surface area contributed by atoms with Gasteiger partial charge in [0, 0.05) is 18.7 Å². The molecule has 0 bridgehead atoms. The number of nitrogens with one attached hydrogen (secondary N) is 1. The molecule has 1 heterocycles. The van der Waals surface area contributed by atoms with E-state index in [1.807, 2.05) is 31.2 Å². The van der Waals surface area contributed by atoms with Gasteiger partial charge in [0.1, 0.15) is 5.75 Å². The van der Waals surface area contributed by atoms with Crippen LogP contribution in [-0.4, -0.2) is 25.0 Å². The highest BCUT2D eigenvalue weighted by Crippen LogP contribution is 2.31. The lowest BCUT2D eigenvalue weighted by Gasteiger charge is -2.17. The number of nitrogens with zero attached hydrogens (tertiary/aromatic N) is 1. The third-order valence-electron chi connectivity index (χ3n) is 4.33. The molecule has 1 fully saturated rings. The molecule has 3 rings (SSSR count). The summed E-state index contributed by atoms with van der Waals surface area (Å²) in [5.74, 6) is -0.0341. The van der Waals surface area contributed by atoms with Gasteiger partial charge in [-0.25, -0.2) is 0 Å². The molecule has 1 saturated heterocycles. The monoisotopic (exact) mass is 406 g/mol. The van der Waals surface area contributed by atoms with Gasteiger partial charge in [-0.3, -0.25) is 9.59 Å². The average Bonchev–Trinajstić information content (AvgIpc) is 3.06. The van der Waals surface area contributed by atoms with Gasteiger partial charge in [0.2, 0.25) is 11.8 Å². The molecule has 142 valence electrons. The number of ether oxygens (including phenoxy) is 1. The van der Waals surface area contributed by atoms with Gasteiger partial charge in [-0.1, -0.05) is 36.2 Å². The van der Waals surface area contributed by atoms with Crippen molar-refractivity contribution >= 4 is 46.4 Å². The van der Waals surface area contributed by atoms with Crippen LogP contribution in [0.15, 0.2) is 42.5 Å². The van der Waals surface area contributed by atoms with Gasteiger partial charge in [0.15, 0.2) is 0 Å². The van der Waals surface area contributed by atoms with Crippen LogP contribution in [0.1, 0.15) is 19.8 Å². The summed E-state index contributed by atoms with van der Waals surface area (Å²) in [7, 11) is 0. The first-order valence-electron chi connectivity index (χ1n) is 8.77. The van der Waals surface area contributed by atoms with Crippen molar-refractivity contribution in [2.45, 2.75) is 19.8 Å². The topological polar surface area (TPSA) is 58.6 Å². The van der Waals surface area contributed by atoms with E-state index in [9.17, 15) is 9.59 Å². The Morgan fingerprint density at radius 3 is 2.67 bits per heavy atom. The molecule has 2 aromatic carbocycles. The quantitative estimate of drug-likeness (QED) is 0.750. The number of hydrogen-bond donors (Lipinski definition) is 1. The summed E-state index contributed by atoms with van der Waals surface area (Å²) in [5.41, 5.74) is 1.19. The summed E-state index contributed by atoms with van der Waals surface area (Å²) < 4.78 is 5.56. The molecule has 1 aliphatic rings. The van der Waals surface area contributed by atoms with Crippen LogP contribution in [0.4, 0.5) is 11.4 Å². The minimum Gasteiger partial charge on any atom is -0.494 e. The Labute approximate surface area is 168 Å². The van der Waals surface area contributed by atoms with Crippen molar-refractivity contribution in [1.29, 1.82) is 0 Å². The molecule has 5 nitrogen and oxygen atoms in total. The van der Waals surface area contributed by atoms with E-state index >= 15 is 0 Å². The number of carbonyl (C=O) groups is 2. The molecule has 0 radical (unpaired) electrons. The maximum Gasteiger partial charge on any atom is 0.229 e. The minimum atomic E-state index is -0.455. The van der Waals surface area contributed by atoms with E-state index in [-0.39, 0.29) is 23.3 Å². The first-order valence-corrected chi connectivity index (χ1v) is 9.53. The predicted octanol–water partition coefficient (Wildman–Crippen LogP) is 4.77. The number of amides is 2. The Hall–Kier alpha value is -2.24. The fourth-order valence-electron chi connectivity index (χ4n) is 2.91. The van der Waals surface area contributed by atoms with Gasteiger partial charge >= 0.3 is 0 Å². The lowest BCUT2D eigenvalue weighted by atomic mass is 10.1. The number of carbonyl (C=O) groups excluding carboxylic acids is 2. The molecule has 2 aromatic rings. The number of anilines is 2. The van der Waals surface area contributed by atoms with E-state index in [0.717, 1.165) is 17.9 Å². The van der Waals surface area contributed by atoms with E-state index in [1.165, 1.54) is 0 Å². The summed E-state index contributed by atoms with van der Waals surface area (Å²) >= 11 is 12.1. The fraction of sp³-hybridized carbons (Fsp3) is 0.300. The molecule has 1 aliphatic heterocycles. The molecule has 7 heteroatoms. The molecule has 27 heavy (non-hydrogen) atoms. The van der Waals surface area contributed by atoms with E-state index in [4.69, 9.17) is 27.9 Å². The van der Waals surface area contributed by atoms with Crippen molar-refractivity contribution in [1.82, 2.24) is 0 Å². The maximum atomic E-state index is 12.6. The van der Waals surface area contributed by atoms with Crippen molar-refractivity contribution in [3.05, 3.63) is 52.5 Å². The van der Waals surface area contributed by atoms with Crippen molar-refractivity contribution in [3.63, 3.8) is 0 Å². The van der Waals surface area contributed by atoms with Gasteiger partial charge in [0.05, 0.1) is 28.3 Å².